The van der Waals surface area contributed by atoms with Crippen LogP contribution in [0.5, 0.6) is 5.75 Å². The minimum absolute atomic E-state index is 0.0496. The molecule has 1 N–H and O–H groups in total. The number of para-hydroxylation sites is 2. The van der Waals surface area contributed by atoms with Crippen molar-refractivity contribution >= 4 is 12.0 Å². The molecule has 0 saturated carbocycles. The van der Waals surface area contributed by atoms with Gasteiger partial charge in [0.05, 0.1) is 45.5 Å². The van der Waals surface area contributed by atoms with Crippen molar-refractivity contribution in [2.75, 3.05) is 39.8 Å². The van der Waals surface area contributed by atoms with E-state index in [0.717, 1.165) is 61.0 Å². The lowest BCUT2D eigenvalue weighted by atomic mass is 10.1. The van der Waals surface area contributed by atoms with Gasteiger partial charge in [-0.05, 0) is 37.3 Å². The van der Waals surface area contributed by atoms with Crippen LogP contribution in [0, 0.1) is 0 Å². The molecule has 0 unspecified atom stereocenters. The van der Waals surface area contributed by atoms with Gasteiger partial charge in [0, 0.05) is 23.4 Å². The quantitative estimate of drug-likeness (QED) is 0.627. The van der Waals surface area contributed by atoms with Gasteiger partial charge in [0.15, 0.2) is 0 Å². The van der Waals surface area contributed by atoms with Crippen molar-refractivity contribution in [2.24, 2.45) is 0 Å². The predicted molar refractivity (Wildman–Crippen MR) is 122 cm³/mol. The second-order valence-electron chi connectivity index (χ2n) is 7.68. The number of hydrogen-bond donors (Lipinski definition) is 1. The summed E-state index contributed by atoms with van der Waals surface area (Å²) in [7, 11) is 1.66. The molecule has 0 aliphatic carbocycles. The summed E-state index contributed by atoms with van der Waals surface area (Å²) in [5.74, 6) is 0.800. The Kier molecular flexibility index (Phi) is 6.48. The number of methoxy groups -OCH3 is 1. The molecular formula is C25H29N4O2+. The minimum Gasteiger partial charge on any atom is -0.496 e. The minimum atomic E-state index is 0.0496. The fourth-order valence-electron chi connectivity index (χ4n) is 3.94. The van der Waals surface area contributed by atoms with Gasteiger partial charge in [0.2, 0.25) is 5.91 Å². The van der Waals surface area contributed by atoms with Crippen LogP contribution in [-0.4, -0.2) is 60.4 Å². The number of rotatable bonds is 6. The van der Waals surface area contributed by atoms with Gasteiger partial charge in [-0.25, -0.2) is 4.68 Å². The molecule has 1 amide bonds. The summed E-state index contributed by atoms with van der Waals surface area (Å²) in [6, 6.07) is 17.8. The SMILES string of the molecule is CC[NH+]1CCN(C(=O)/C=C/c2cn(-c3ccccc3)nc2-c2ccccc2OC)CC1. The number of amides is 1. The van der Waals surface area contributed by atoms with Crippen LogP contribution in [0.1, 0.15) is 12.5 Å². The first kappa shape index (κ1) is 20.9. The van der Waals surface area contributed by atoms with E-state index in [-0.39, 0.29) is 5.91 Å². The molecule has 1 saturated heterocycles. The average molecular weight is 418 g/mol. The highest BCUT2D eigenvalue weighted by Crippen LogP contribution is 2.32. The third-order valence-electron chi connectivity index (χ3n) is 5.81. The van der Waals surface area contributed by atoms with Crippen molar-refractivity contribution < 1.29 is 14.4 Å². The first-order chi connectivity index (χ1) is 15.2. The van der Waals surface area contributed by atoms with Gasteiger partial charge < -0.3 is 14.5 Å². The van der Waals surface area contributed by atoms with E-state index in [1.807, 2.05) is 76.5 Å². The molecule has 0 atom stereocenters. The molecule has 1 aliphatic rings. The maximum atomic E-state index is 12.8. The number of likely N-dealkylation sites (N-methyl/N-ethyl adjacent to an activating group) is 1. The summed E-state index contributed by atoms with van der Waals surface area (Å²) in [5, 5.41) is 4.83. The number of quaternary nitrogens is 1. The number of benzene rings is 2. The molecule has 6 nitrogen and oxygen atoms in total. The van der Waals surface area contributed by atoms with Crippen LogP contribution in [-0.2, 0) is 4.79 Å². The van der Waals surface area contributed by atoms with Gasteiger partial charge in [-0.15, -0.1) is 0 Å². The monoisotopic (exact) mass is 417 g/mol. The molecule has 0 radical (unpaired) electrons. The summed E-state index contributed by atoms with van der Waals surface area (Å²) in [4.78, 5) is 16.3. The topological polar surface area (TPSA) is 51.8 Å². The van der Waals surface area contributed by atoms with Gasteiger partial charge in [-0.3, -0.25) is 4.79 Å². The molecular weight excluding hydrogens is 388 g/mol. The Morgan fingerprint density at radius 2 is 1.81 bits per heavy atom. The fraction of sp³-hybridized carbons (Fsp3) is 0.280. The van der Waals surface area contributed by atoms with E-state index in [9.17, 15) is 4.79 Å². The third-order valence-corrected chi connectivity index (χ3v) is 5.81. The molecule has 160 valence electrons. The molecule has 0 bridgehead atoms. The van der Waals surface area contributed by atoms with Crippen LogP contribution in [0.2, 0.25) is 0 Å². The van der Waals surface area contributed by atoms with Crippen molar-refractivity contribution in [3.8, 4) is 22.7 Å². The number of ether oxygens (including phenoxy) is 1. The summed E-state index contributed by atoms with van der Waals surface area (Å²) >= 11 is 0. The maximum absolute atomic E-state index is 12.8. The number of hydrogen-bond acceptors (Lipinski definition) is 3. The number of carbonyl (C=O) groups excluding carboxylic acids is 1. The maximum Gasteiger partial charge on any atom is 0.246 e. The molecule has 6 heteroatoms. The van der Waals surface area contributed by atoms with E-state index in [1.54, 1.807) is 18.1 Å². The lowest BCUT2D eigenvalue weighted by Crippen LogP contribution is -3.14. The van der Waals surface area contributed by atoms with Crippen LogP contribution in [0.3, 0.4) is 0 Å². The van der Waals surface area contributed by atoms with Crippen LogP contribution in [0.4, 0.5) is 0 Å². The first-order valence-corrected chi connectivity index (χ1v) is 10.8. The van der Waals surface area contributed by atoms with Crippen LogP contribution >= 0.6 is 0 Å². The summed E-state index contributed by atoms with van der Waals surface area (Å²) in [6.45, 7) is 6.92. The fourth-order valence-corrected chi connectivity index (χ4v) is 3.94. The first-order valence-electron chi connectivity index (χ1n) is 10.8. The molecule has 2 aromatic carbocycles. The van der Waals surface area contributed by atoms with Crippen LogP contribution < -0.4 is 9.64 Å². The van der Waals surface area contributed by atoms with Crippen molar-refractivity contribution in [2.45, 2.75) is 6.92 Å². The largest absolute Gasteiger partial charge is 0.496 e. The van der Waals surface area contributed by atoms with Gasteiger partial charge in [-0.1, -0.05) is 30.3 Å². The molecule has 2 heterocycles. The summed E-state index contributed by atoms with van der Waals surface area (Å²) in [5.41, 5.74) is 3.51. The Balaban J connectivity index is 1.65. The summed E-state index contributed by atoms with van der Waals surface area (Å²) < 4.78 is 7.40. The second kappa shape index (κ2) is 9.62. The molecule has 1 aromatic heterocycles. The van der Waals surface area contributed by atoms with Crippen molar-refractivity contribution in [3.05, 3.63) is 72.4 Å². The van der Waals surface area contributed by atoms with E-state index >= 15 is 0 Å². The number of aromatic nitrogens is 2. The predicted octanol–water partition coefficient (Wildman–Crippen LogP) is 2.31. The van der Waals surface area contributed by atoms with Gasteiger partial charge >= 0.3 is 0 Å². The molecule has 4 rings (SSSR count). The lowest BCUT2D eigenvalue weighted by Gasteiger charge is -2.30. The Morgan fingerprint density at radius 3 is 2.52 bits per heavy atom. The number of nitrogens with one attached hydrogen (secondary N) is 1. The third kappa shape index (κ3) is 4.70. The zero-order valence-electron chi connectivity index (χ0n) is 18.1. The van der Waals surface area contributed by atoms with Gasteiger partial charge in [0.1, 0.15) is 11.4 Å². The van der Waals surface area contributed by atoms with Crippen LogP contribution in [0.15, 0.2) is 66.9 Å². The summed E-state index contributed by atoms with van der Waals surface area (Å²) in [6.07, 6.45) is 5.50. The molecule has 31 heavy (non-hydrogen) atoms. The highest BCUT2D eigenvalue weighted by molar-refractivity contribution is 5.93. The highest BCUT2D eigenvalue weighted by atomic mass is 16.5. The zero-order chi connectivity index (χ0) is 21.6. The van der Waals surface area contributed by atoms with E-state index in [2.05, 4.69) is 6.92 Å². The molecule has 1 aliphatic heterocycles. The Bertz CT molecular complexity index is 1050. The molecule has 1 fully saturated rings. The van der Waals surface area contributed by atoms with Crippen molar-refractivity contribution in [1.82, 2.24) is 14.7 Å². The second-order valence-corrected chi connectivity index (χ2v) is 7.68. The van der Waals surface area contributed by atoms with E-state index in [0.29, 0.717) is 0 Å². The van der Waals surface area contributed by atoms with E-state index in [1.165, 1.54) is 0 Å². The highest BCUT2D eigenvalue weighted by Gasteiger charge is 2.21. The Labute approximate surface area is 183 Å². The Morgan fingerprint density at radius 1 is 1.10 bits per heavy atom. The molecule has 3 aromatic rings. The van der Waals surface area contributed by atoms with Crippen molar-refractivity contribution in [1.29, 1.82) is 0 Å². The number of piperazine rings is 1. The van der Waals surface area contributed by atoms with Gasteiger partial charge in [-0.2, -0.15) is 5.10 Å². The standard InChI is InChI=1S/C25H28N4O2/c1-3-27-15-17-28(18-16-27)24(30)14-13-20-19-29(21-9-5-4-6-10-21)26-25(20)22-11-7-8-12-23(22)31-2/h4-14,19H,3,15-18H2,1-2H3/p+1/b14-13+. The zero-order valence-corrected chi connectivity index (χ0v) is 18.1. The lowest BCUT2D eigenvalue weighted by molar-refractivity contribution is -0.902. The van der Waals surface area contributed by atoms with E-state index < -0.39 is 0 Å². The van der Waals surface area contributed by atoms with Gasteiger partial charge in [0.25, 0.3) is 0 Å². The number of nitrogens with zero attached hydrogens (tertiary/aromatic N) is 3. The van der Waals surface area contributed by atoms with E-state index in [4.69, 9.17) is 9.84 Å². The van der Waals surface area contributed by atoms with Crippen molar-refractivity contribution in [3.63, 3.8) is 0 Å². The Hall–Kier alpha value is -3.38. The molecule has 0 spiro atoms. The normalized spacial score (nSPS) is 14.8. The average Bonchev–Trinajstić information content (AvgIpc) is 3.27. The smallest absolute Gasteiger partial charge is 0.246 e. The number of carbonyl (C=O) groups is 1. The van der Waals surface area contributed by atoms with Crippen LogP contribution in [0.25, 0.3) is 23.0 Å².